The van der Waals surface area contributed by atoms with Crippen LogP contribution in [0.25, 0.3) is 6.08 Å². The summed E-state index contributed by atoms with van der Waals surface area (Å²) in [5, 5.41) is 18.3. The Labute approximate surface area is 166 Å². The highest BCUT2D eigenvalue weighted by Gasteiger charge is 2.40. The number of thiocarbonyl (C=S) groups is 1. The van der Waals surface area contributed by atoms with E-state index in [9.17, 15) is 19.5 Å². The first-order valence-electron chi connectivity index (χ1n) is 8.14. The minimum atomic E-state index is -1.12. The zero-order chi connectivity index (χ0) is 20.1. The number of nitrogens with zero attached hydrogens (tertiary/aromatic N) is 1. The molecule has 2 N–H and O–H groups in total. The summed E-state index contributed by atoms with van der Waals surface area (Å²) in [6, 6.07) is 5.64. The Morgan fingerprint density at radius 2 is 1.96 bits per heavy atom. The van der Waals surface area contributed by atoms with Crippen LogP contribution in [0.5, 0.6) is 5.75 Å². The van der Waals surface area contributed by atoms with Gasteiger partial charge in [0.2, 0.25) is 0 Å². The zero-order valence-corrected chi connectivity index (χ0v) is 16.4. The van der Waals surface area contributed by atoms with Gasteiger partial charge in [-0.15, -0.1) is 0 Å². The highest BCUT2D eigenvalue weighted by Crippen LogP contribution is 2.36. The monoisotopic (exact) mass is 409 g/mol. The van der Waals surface area contributed by atoms with Crippen LogP contribution < -0.4 is 4.74 Å². The quantitative estimate of drug-likeness (QED) is 0.499. The normalized spacial score (nSPS) is 16.9. The molecule has 0 spiro atoms. The molecule has 0 aromatic heterocycles. The Kier molecular flexibility index (Phi) is 6.98. The zero-order valence-electron chi connectivity index (χ0n) is 14.7. The third kappa shape index (κ3) is 5.30. The van der Waals surface area contributed by atoms with E-state index >= 15 is 0 Å². The van der Waals surface area contributed by atoms with Gasteiger partial charge in [-0.2, -0.15) is 0 Å². The fourth-order valence-electron chi connectivity index (χ4n) is 2.52. The maximum atomic E-state index is 12.8. The molecule has 1 unspecified atom stereocenters. The maximum Gasteiger partial charge on any atom is 0.341 e. The number of aliphatic carboxylic acids is 2. The standard InChI is InChI=1S/C18H19NO6S2/c1-10(2)7-12(17(23)24)19-16(22)14(27-18(19)26)8-11-5-3-4-6-13(11)25-9-15(20)21/h3-6,8,10,12H,7,9H2,1-2H3,(H,20,21)(H,23,24)/b14-8-. The highest BCUT2D eigenvalue weighted by molar-refractivity contribution is 8.26. The molecule has 1 amide bonds. The topological polar surface area (TPSA) is 104 Å². The number of ether oxygens (including phenoxy) is 1. The fourth-order valence-corrected chi connectivity index (χ4v) is 3.87. The van der Waals surface area contributed by atoms with E-state index in [0.717, 1.165) is 16.7 Å². The molecular formula is C18H19NO6S2. The van der Waals surface area contributed by atoms with E-state index in [4.69, 9.17) is 22.1 Å². The van der Waals surface area contributed by atoms with Crippen LogP contribution in [-0.4, -0.2) is 49.9 Å². The van der Waals surface area contributed by atoms with Gasteiger partial charge in [-0.1, -0.05) is 56.0 Å². The molecule has 9 heteroatoms. The SMILES string of the molecule is CC(C)CC(C(=O)O)N1C(=O)/C(=C/c2ccccc2OCC(=O)O)SC1=S. The Morgan fingerprint density at radius 3 is 2.56 bits per heavy atom. The molecule has 7 nitrogen and oxygen atoms in total. The average Bonchev–Trinajstić information content (AvgIpc) is 2.85. The molecule has 27 heavy (non-hydrogen) atoms. The van der Waals surface area contributed by atoms with Crippen molar-refractivity contribution in [3.63, 3.8) is 0 Å². The van der Waals surface area contributed by atoms with Gasteiger partial charge >= 0.3 is 11.9 Å². The van der Waals surface area contributed by atoms with Crippen LogP contribution in [0.4, 0.5) is 0 Å². The van der Waals surface area contributed by atoms with Crippen molar-refractivity contribution >= 4 is 52.2 Å². The molecular weight excluding hydrogens is 390 g/mol. The number of carbonyl (C=O) groups excluding carboxylic acids is 1. The van der Waals surface area contributed by atoms with Gasteiger partial charge in [-0.3, -0.25) is 9.69 Å². The van der Waals surface area contributed by atoms with Crippen LogP contribution in [0.3, 0.4) is 0 Å². The van der Waals surface area contributed by atoms with Crippen molar-refractivity contribution < 1.29 is 29.3 Å². The molecule has 1 fully saturated rings. The molecule has 1 saturated heterocycles. The second-order valence-corrected chi connectivity index (χ2v) is 7.93. The van der Waals surface area contributed by atoms with Gasteiger partial charge in [0, 0.05) is 5.56 Å². The molecule has 0 saturated carbocycles. The largest absolute Gasteiger partial charge is 0.481 e. The van der Waals surface area contributed by atoms with Crippen molar-refractivity contribution in [3.8, 4) is 5.75 Å². The number of hydrogen-bond donors (Lipinski definition) is 2. The Bertz CT molecular complexity index is 805. The smallest absolute Gasteiger partial charge is 0.341 e. The van der Waals surface area contributed by atoms with Gasteiger partial charge in [0.25, 0.3) is 5.91 Å². The lowest BCUT2D eigenvalue weighted by Crippen LogP contribution is -2.44. The molecule has 0 radical (unpaired) electrons. The van der Waals surface area contributed by atoms with Crippen molar-refractivity contribution in [2.75, 3.05) is 6.61 Å². The van der Waals surface area contributed by atoms with Gasteiger partial charge in [-0.05, 0) is 24.5 Å². The number of amides is 1. The van der Waals surface area contributed by atoms with Crippen molar-refractivity contribution in [3.05, 3.63) is 34.7 Å². The van der Waals surface area contributed by atoms with Crippen LogP contribution in [0, 0.1) is 5.92 Å². The second-order valence-electron chi connectivity index (χ2n) is 6.26. The summed E-state index contributed by atoms with van der Waals surface area (Å²) in [6.45, 7) is 3.24. The van der Waals surface area contributed by atoms with E-state index in [1.807, 2.05) is 13.8 Å². The van der Waals surface area contributed by atoms with Crippen molar-refractivity contribution in [2.24, 2.45) is 5.92 Å². The minimum Gasteiger partial charge on any atom is -0.481 e. The third-order valence-corrected chi connectivity index (χ3v) is 5.00. The van der Waals surface area contributed by atoms with Crippen molar-refractivity contribution in [1.29, 1.82) is 0 Å². The summed E-state index contributed by atoms with van der Waals surface area (Å²) >= 11 is 6.25. The molecule has 1 aromatic rings. The molecule has 0 bridgehead atoms. The lowest BCUT2D eigenvalue weighted by Gasteiger charge is -2.24. The Hall–Kier alpha value is -2.39. The molecule has 1 aromatic carbocycles. The average molecular weight is 409 g/mol. The van der Waals surface area contributed by atoms with E-state index < -0.39 is 30.5 Å². The molecule has 0 aliphatic carbocycles. The fraction of sp³-hybridized carbons (Fsp3) is 0.333. The van der Waals surface area contributed by atoms with Crippen LogP contribution >= 0.6 is 24.0 Å². The van der Waals surface area contributed by atoms with E-state index in [1.165, 1.54) is 6.08 Å². The first-order valence-corrected chi connectivity index (χ1v) is 9.36. The lowest BCUT2D eigenvalue weighted by atomic mass is 10.0. The summed E-state index contributed by atoms with van der Waals surface area (Å²) in [6.07, 6.45) is 1.82. The summed E-state index contributed by atoms with van der Waals surface area (Å²) in [5.74, 6) is -2.32. The minimum absolute atomic E-state index is 0.0740. The molecule has 144 valence electrons. The van der Waals surface area contributed by atoms with Gasteiger partial charge < -0.3 is 14.9 Å². The molecule has 1 aliphatic heterocycles. The summed E-state index contributed by atoms with van der Waals surface area (Å²) in [4.78, 5) is 36.5. The second kappa shape index (κ2) is 9.01. The molecule has 1 atom stereocenters. The lowest BCUT2D eigenvalue weighted by molar-refractivity contribution is -0.145. The number of carbonyl (C=O) groups is 3. The predicted octanol–water partition coefficient (Wildman–Crippen LogP) is 2.85. The first-order chi connectivity index (χ1) is 12.7. The van der Waals surface area contributed by atoms with Crippen molar-refractivity contribution in [1.82, 2.24) is 4.90 Å². The molecule has 1 heterocycles. The van der Waals surface area contributed by atoms with Crippen LogP contribution in [0.1, 0.15) is 25.8 Å². The van der Waals surface area contributed by atoms with E-state index in [-0.39, 0.29) is 21.6 Å². The summed E-state index contributed by atoms with van der Waals surface area (Å²) in [7, 11) is 0. The maximum absolute atomic E-state index is 12.8. The number of para-hydroxylation sites is 1. The number of carboxylic acids is 2. The number of carboxylic acid groups (broad SMARTS) is 2. The number of thioether (sulfide) groups is 1. The third-order valence-electron chi connectivity index (χ3n) is 3.67. The number of benzene rings is 1. The predicted molar refractivity (Wildman–Crippen MR) is 105 cm³/mol. The summed E-state index contributed by atoms with van der Waals surface area (Å²) in [5.41, 5.74) is 0.509. The molecule has 2 rings (SSSR count). The van der Waals surface area contributed by atoms with Gasteiger partial charge in [0.15, 0.2) is 6.61 Å². The van der Waals surface area contributed by atoms with Crippen molar-refractivity contribution in [2.45, 2.75) is 26.3 Å². The Balaban J connectivity index is 2.31. The number of rotatable bonds is 8. The van der Waals surface area contributed by atoms with Gasteiger partial charge in [-0.25, -0.2) is 9.59 Å². The molecule has 1 aliphatic rings. The van der Waals surface area contributed by atoms with E-state index in [0.29, 0.717) is 11.3 Å². The van der Waals surface area contributed by atoms with E-state index in [2.05, 4.69) is 0 Å². The Morgan fingerprint density at radius 1 is 1.30 bits per heavy atom. The number of hydrogen-bond acceptors (Lipinski definition) is 6. The summed E-state index contributed by atoms with van der Waals surface area (Å²) < 4.78 is 5.41. The van der Waals surface area contributed by atoms with Gasteiger partial charge in [0.05, 0.1) is 4.91 Å². The highest BCUT2D eigenvalue weighted by atomic mass is 32.2. The van der Waals surface area contributed by atoms with Gasteiger partial charge in [0.1, 0.15) is 16.1 Å². The van der Waals surface area contributed by atoms with Crippen LogP contribution in [0.2, 0.25) is 0 Å². The van der Waals surface area contributed by atoms with Crippen LogP contribution in [0.15, 0.2) is 29.2 Å². The first kappa shape index (κ1) is 20.9. The van der Waals surface area contributed by atoms with E-state index in [1.54, 1.807) is 24.3 Å². The van der Waals surface area contributed by atoms with Crippen LogP contribution in [-0.2, 0) is 14.4 Å².